The summed E-state index contributed by atoms with van der Waals surface area (Å²) in [6.45, 7) is 0.573. The molecule has 21 heavy (non-hydrogen) atoms. The van der Waals surface area contributed by atoms with E-state index in [0.29, 0.717) is 6.61 Å². The van der Waals surface area contributed by atoms with Gasteiger partial charge in [0, 0.05) is 23.0 Å². The standard InChI is InChI=1S/C18H16NOP/c1-3-9-17(10-4-1)21(18-11-5-2-6-12-18)20-15-16-8-7-13-19-14-16/h1-14H,15H2. The average Bonchev–Trinajstić information content (AvgIpc) is 2.58. The second-order valence-electron chi connectivity index (χ2n) is 4.60. The lowest BCUT2D eigenvalue weighted by Gasteiger charge is -2.18. The molecule has 0 spiro atoms. The predicted octanol–water partition coefficient (Wildman–Crippen LogP) is 3.65. The van der Waals surface area contributed by atoms with Crippen LogP contribution >= 0.6 is 8.15 Å². The highest BCUT2D eigenvalue weighted by atomic mass is 31.1. The third kappa shape index (κ3) is 3.75. The summed E-state index contributed by atoms with van der Waals surface area (Å²) < 4.78 is 6.23. The topological polar surface area (TPSA) is 22.1 Å². The molecule has 0 fully saturated rings. The summed E-state index contributed by atoms with van der Waals surface area (Å²) in [5, 5.41) is 2.45. The largest absolute Gasteiger partial charge is 0.345 e. The molecule has 0 amide bonds. The molecule has 104 valence electrons. The van der Waals surface area contributed by atoms with E-state index >= 15 is 0 Å². The first-order chi connectivity index (χ1) is 10.4. The molecular weight excluding hydrogens is 277 g/mol. The molecule has 3 heteroatoms. The summed E-state index contributed by atoms with van der Waals surface area (Å²) in [6, 6.07) is 24.8. The lowest BCUT2D eigenvalue weighted by atomic mass is 10.3. The van der Waals surface area contributed by atoms with Crippen molar-refractivity contribution in [1.82, 2.24) is 4.98 Å². The average molecular weight is 293 g/mol. The van der Waals surface area contributed by atoms with Crippen LogP contribution in [0.5, 0.6) is 0 Å². The van der Waals surface area contributed by atoms with E-state index in [-0.39, 0.29) is 0 Å². The lowest BCUT2D eigenvalue weighted by Crippen LogP contribution is -2.13. The summed E-state index contributed by atoms with van der Waals surface area (Å²) in [5.41, 5.74) is 1.09. The van der Waals surface area contributed by atoms with Crippen LogP contribution in [-0.4, -0.2) is 4.98 Å². The summed E-state index contributed by atoms with van der Waals surface area (Å²) >= 11 is 0. The van der Waals surface area contributed by atoms with Crippen molar-refractivity contribution in [2.24, 2.45) is 0 Å². The van der Waals surface area contributed by atoms with E-state index in [1.54, 1.807) is 6.20 Å². The molecule has 0 saturated carbocycles. The Hall–Kier alpha value is -2.02. The van der Waals surface area contributed by atoms with E-state index in [4.69, 9.17) is 4.52 Å². The molecule has 2 nitrogen and oxygen atoms in total. The summed E-state index contributed by atoms with van der Waals surface area (Å²) in [4.78, 5) is 4.14. The van der Waals surface area contributed by atoms with Gasteiger partial charge in [0.2, 0.25) is 0 Å². The van der Waals surface area contributed by atoms with Gasteiger partial charge in [0.05, 0.1) is 14.8 Å². The van der Waals surface area contributed by atoms with Crippen LogP contribution in [0.1, 0.15) is 5.56 Å². The zero-order valence-electron chi connectivity index (χ0n) is 11.6. The van der Waals surface area contributed by atoms with Crippen molar-refractivity contribution in [3.05, 3.63) is 90.8 Å². The number of hydrogen-bond acceptors (Lipinski definition) is 2. The minimum absolute atomic E-state index is 0.573. The van der Waals surface area contributed by atoms with Crippen LogP contribution in [0.25, 0.3) is 0 Å². The van der Waals surface area contributed by atoms with E-state index in [9.17, 15) is 0 Å². The first-order valence-corrected chi connectivity index (χ1v) is 8.11. The van der Waals surface area contributed by atoms with E-state index < -0.39 is 8.15 Å². The van der Waals surface area contributed by atoms with Gasteiger partial charge in [0.25, 0.3) is 0 Å². The Morgan fingerprint density at radius 3 is 1.90 bits per heavy atom. The van der Waals surface area contributed by atoms with Gasteiger partial charge in [-0.15, -0.1) is 0 Å². The van der Waals surface area contributed by atoms with Gasteiger partial charge < -0.3 is 4.52 Å². The molecule has 3 rings (SSSR count). The summed E-state index contributed by atoms with van der Waals surface area (Å²) in [5.74, 6) is 0. The fourth-order valence-electron chi connectivity index (χ4n) is 2.05. The smallest absolute Gasteiger partial charge is 0.0922 e. The zero-order chi connectivity index (χ0) is 14.3. The van der Waals surface area contributed by atoms with Crippen molar-refractivity contribution >= 4 is 18.8 Å². The van der Waals surface area contributed by atoms with Crippen molar-refractivity contribution in [3.63, 3.8) is 0 Å². The Morgan fingerprint density at radius 2 is 1.38 bits per heavy atom. The quantitative estimate of drug-likeness (QED) is 0.670. The van der Waals surface area contributed by atoms with Crippen molar-refractivity contribution in [3.8, 4) is 0 Å². The summed E-state index contributed by atoms with van der Waals surface area (Å²) in [7, 11) is -0.802. The van der Waals surface area contributed by atoms with Crippen LogP contribution in [0.4, 0.5) is 0 Å². The number of pyridine rings is 1. The van der Waals surface area contributed by atoms with Crippen LogP contribution in [0.15, 0.2) is 85.2 Å². The molecule has 0 aliphatic carbocycles. The number of rotatable bonds is 5. The first-order valence-electron chi connectivity index (χ1n) is 6.85. The molecule has 0 saturated heterocycles. The number of benzene rings is 2. The third-order valence-corrected chi connectivity index (χ3v) is 4.99. The number of hydrogen-bond donors (Lipinski definition) is 0. The van der Waals surface area contributed by atoms with Gasteiger partial charge >= 0.3 is 0 Å². The normalized spacial score (nSPS) is 10.7. The van der Waals surface area contributed by atoms with Crippen molar-refractivity contribution < 1.29 is 4.52 Å². The fourth-order valence-corrected chi connectivity index (χ4v) is 3.81. The van der Waals surface area contributed by atoms with Gasteiger partial charge in [-0.25, -0.2) is 0 Å². The minimum Gasteiger partial charge on any atom is -0.345 e. The van der Waals surface area contributed by atoms with Crippen LogP contribution in [0.3, 0.4) is 0 Å². The molecule has 3 aromatic rings. The molecule has 0 aliphatic heterocycles. The molecule has 0 N–H and O–H groups in total. The molecule has 0 bridgehead atoms. The van der Waals surface area contributed by atoms with E-state index in [1.807, 2.05) is 30.5 Å². The van der Waals surface area contributed by atoms with Gasteiger partial charge in [-0.05, 0) is 11.6 Å². The second kappa shape index (κ2) is 7.12. The molecule has 2 aromatic carbocycles. The molecule has 0 radical (unpaired) electrons. The molecule has 0 unspecified atom stereocenters. The molecule has 0 aliphatic rings. The highest BCUT2D eigenvalue weighted by Gasteiger charge is 2.14. The van der Waals surface area contributed by atoms with Gasteiger partial charge in [-0.3, -0.25) is 4.98 Å². The van der Waals surface area contributed by atoms with E-state index in [2.05, 4.69) is 53.5 Å². The Morgan fingerprint density at radius 1 is 0.762 bits per heavy atom. The van der Waals surface area contributed by atoms with Crippen molar-refractivity contribution in [2.75, 3.05) is 0 Å². The lowest BCUT2D eigenvalue weighted by molar-refractivity contribution is 0.350. The number of aromatic nitrogens is 1. The highest BCUT2D eigenvalue weighted by molar-refractivity contribution is 7.68. The van der Waals surface area contributed by atoms with E-state index in [1.165, 1.54) is 10.6 Å². The Balaban J connectivity index is 1.83. The van der Waals surface area contributed by atoms with Gasteiger partial charge in [-0.1, -0.05) is 66.7 Å². The van der Waals surface area contributed by atoms with Crippen molar-refractivity contribution in [2.45, 2.75) is 6.61 Å². The van der Waals surface area contributed by atoms with Gasteiger partial charge in [-0.2, -0.15) is 0 Å². The minimum atomic E-state index is -0.802. The maximum atomic E-state index is 6.23. The SMILES string of the molecule is c1ccc(P(OCc2cccnc2)c2ccccc2)cc1. The van der Waals surface area contributed by atoms with Crippen LogP contribution < -0.4 is 10.6 Å². The maximum Gasteiger partial charge on any atom is 0.0922 e. The predicted molar refractivity (Wildman–Crippen MR) is 88.1 cm³/mol. The van der Waals surface area contributed by atoms with Crippen molar-refractivity contribution in [1.29, 1.82) is 0 Å². The Labute approximate surface area is 126 Å². The van der Waals surface area contributed by atoms with E-state index in [0.717, 1.165) is 5.56 Å². The Bertz CT molecular complexity index is 619. The molecule has 0 atom stereocenters. The van der Waals surface area contributed by atoms with Crippen LogP contribution in [0.2, 0.25) is 0 Å². The second-order valence-corrected chi connectivity index (χ2v) is 6.48. The monoisotopic (exact) mass is 293 g/mol. The first kappa shape index (κ1) is 13.9. The highest BCUT2D eigenvalue weighted by Crippen LogP contribution is 2.35. The molecular formula is C18H16NOP. The van der Waals surface area contributed by atoms with Gasteiger partial charge in [0.15, 0.2) is 0 Å². The maximum absolute atomic E-state index is 6.23. The van der Waals surface area contributed by atoms with Crippen LogP contribution in [-0.2, 0) is 11.1 Å². The van der Waals surface area contributed by atoms with Gasteiger partial charge in [0.1, 0.15) is 0 Å². The summed E-state index contributed by atoms with van der Waals surface area (Å²) in [6.07, 6.45) is 3.63. The third-order valence-electron chi connectivity index (χ3n) is 3.06. The van der Waals surface area contributed by atoms with Crippen LogP contribution in [0, 0.1) is 0 Å². The zero-order valence-corrected chi connectivity index (χ0v) is 12.5. The Kier molecular flexibility index (Phi) is 4.73. The molecule has 1 aromatic heterocycles. The molecule has 1 heterocycles. The number of nitrogens with zero attached hydrogens (tertiary/aromatic N) is 1. The fraction of sp³-hybridized carbons (Fsp3) is 0.0556.